The lowest BCUT2D eigenvalue weighted by Gasteiger charge is -2.27. The van der Waals surface area contributed by atoms with Gasteiger partial charge in [0.25, 0.3) is 0 Å². The van der Waals surface area contributed by atoms with E-state index in [-0.39, 0.29) is 18.0 Å². The van der Waals surface area contributed by atoms with Gasteiger partial charge in [0.2, 0.25) is 5.91 Å². The molecule has 1 amide bonds. The number of nitrogens with zero attached hydrogens (tertiary/aromatic N) is 3. The van der Waals surface area contributed by atoms with Crippen molar-refractivity contribution in [2.75, 3.05) is 47.9 Å². The molecule has 1 saturated carbocycles. The van der Waals surface area contributed by atoms with E-state index >= 15 is 0 Å². The van der Waals surface area contributed by atoms with Crippen LogP contribution in [0.3, 0.4) is 0 Å². The molecule has 1 aromatic carbocycles. The lowest BCUT2D eigenvalue weighted by atomic mass is 10.1. The van der Waals surface area contributed by atoms with Gasteiger partial charge in [-0.25, -0.2) is 0 Å². The number of nitrogens with one attached hydrogen (secondary N) is 2. The highest BCUT2D eigenvalue weighted by Gasteiger charge is 2.32. The Balaban J connectivity index is 1.51. The fourth-order valence-electron chi connectivity index (χ4n) is 4.52. The van der Waals surface area contributed by atoms with E-state index in [1.165, 1.54) is 18.4 Å². The molecular weight excluding hydrogens is 378 g/mol. The van der Waals surface area contributed by atoms with Gasteiger partial charge in [-0.15, -0.1) is 0 Å². The van der Waals surface area contributed by atoms with E-state index in [9.17, 15) is 4.79 Å². The molecule has 1 heterocycles. The largest absolute Gasteiger partial charge is 0.497 e. The zero-order chi connectivity index (χ0) is 21.5. The minimum atomic E-state index is 0.207. The number of likely N-dealkylation sites (N-methyl/N-ethyl adjacent to an activating group) is 1. The lowest BCUT2D eigenvalue weighted by Crippen LogP contribution is -2.47. The molecule has 1 aromatic rings. The van der Waals surface area contributed by atoms with Crippen LogP contribution in [0.4, 0.5) is 0 Å². The number of aliphatic imine (C=N–C) groups is 1. The monoisotopic (exact) mass is 415 g/mol. The standard InChI is InChI=1S/C23H37N5O2/c1-24-23(25-15-21(27(2)3)17-9-11-20(30-4)12-10-17)26-19-13-14-28(16-19)22(29)18-7-5-6-8-18/h9-12,18-19,21H,5-8,13-16H2,1-4H3,(H2,24,25,26). The van der Waals surface area contributed by atoms with Gasteiger partial charge in [-0.3, -0.25) is 9.79 Å². The topological polar surface area (TPSA) is 69.2 Å². The molecular formula is C23H37N5O2. The maximum atomic E-state index is 12.7. The van der Waals surface area contributed by atoms with E-state index in [0.717, 1.165) is 50.6 Å². The summed E-state index contributed by atoms with van der Waals surface area (Å²) in [6.45, 7) is 2.35. The first-order valence-electron chi connectivity index (χ1n) is 11.1. The van der Waals surface area contributed by atoms with Crippen molar-refractivity contribution in [1.29, 1.82) is 0 Å². The number of hydrogen-bond acceptors (Lipinski definition) is 4. The minimum absolute atomic E-state index is 0.207. The van der Waals surface area contributed by atoms with E-state index in [1.54, 1.807) is 14.2 Å². The van der Waals surface area contributed by atoms with Crippen LogP contribution in [-0.2, 0) is 4.79 Å². The van der Waals surface area contributed by atoms with E-state index < -0.39 is 0 Å². The molecule has 0 aromatic heterocycles. The predicted molar refractivity (Wildman–Crippen MR) is 121 cm³/mol. The van der Waals surface area contributed by atoms with E-state index in [1.807, 2.05) is 17.0 Å². The molecule has 0 bridgehead atoms. The zero-order valence-electron chi connectivity index (χ0n) is 18.9. The minimum Gasteiger partial charge on any atom is -0.497 e. The molecule has 0 radical (unpaired) electrons. The molecule has 3 rings (SSSR count). The highest BCUT2D eigenvalue weighted by molar-refractivity contribution is 5.81. The molecule has 2 unspecified atom stereocenters. The smallest absolute Gasteiger partial charge is 0.225 e. The highest BCUT2D eigenvalue weighted by Crippen LogP contribution is 2.28. The van der Waals surface area contributed by atoms with Crippen LogP contribution >= 0.6 is 0 Å². The molecule has 2 fully saturated rings. The molecule has 1 aliphatic carbocycles. The molecule has 30 heavy (non-hydrogen) atoms. The number of carbonyl (C=O) groups excluding carboxylic acids is 1. The highest BCUT2D eigenvalue weighted by atomic mass is 16.5. The summed E-state index contributed by atoms with van der Waals surface area (Å²) in [6.07, 6.45) is 5.49. The first-order valence-corrected chi connectivity index (χ1v) is 11.1. The number of ether oxygens (including phenoxy) is 1. The van der Waals surface area contributed by atoms with Crippen molar-refractivity contribution < 1.29 is 9.53 Å². The van der Waals surface area contributed by atoms with Crippen molar-refractivity contribution in [3.63, 3.8) is 0 Å². The van der Waals surface area contributed by atoms with Crippen LogP contribution in [0.15, 0.2) is 29.3 Å². The number of rotatable bonds is 7. The summed E-state index contributed by atoms with van der Waals surface area (Å²) in [4.78, 5) is 21.3. The molecule has 0 spiro atoms. The van der Waals surface area contributed by atoms with E-state index in [2.05, 4.69) is 46.8 Å². The average molecular weight is 416 g/mol. The summed E-state index contributed by atoms with van der Waals surface area (Å²) in [5, 5.41) is 6.98. The quantitative estimate of drug-likeness (QED) is 0.528. The fourth-order valence-corrected chi connectivity index (χ4v) is 4.52. The maximum Gasteiger partial charge on any atom is 0.225 e. The van der Waals surface area contributed by atoms with Crippen molar-refractivity contribution in [3.05, 3.63) is 29.8 Å². The summed E-state index contributed by atoms with van der Waals surface area (Å²) in [5.41, 5.74) is 1.22. The molecule has 2 atom stereocenters. The van der Waals surface area contributed by atoms with Gasteiger partial charge in [-0.1, -0.05) is 25.0 Å². The molecule has 2 N–H and O–H groups in total. The van der Waals surface area contributed by atoms with Gasteiger partial charge in [0.15, 0.2) is 5.96 Å². The third-order valence-electron chi connectivity index (χ3n) is 6.36. The van der Waals surface area contributed by atoms with Crippen LogP contribution in [0.1, 0.15) is 43.7 Å². The Hall–Kier alpha value is -2.28. The summed E-state index contributed by atoms with van der Waals surface area (Å²) < 4.78 is 5.27. The molecule has 7 nitrogen and oxygen atoms in total. The number of guanidine groups is 1. The summed E-state index contributed by atoms with van der Waals surface area (Å²) in [7, 11) is 7.64. The second-order valence-corrected chi connectivity index (χ2v) is 8.60. The van der Waals surface area contributed by atoms with Crippen molar-refractivity contribution in [3.8, 4) is 5.75 Å². The van der Waals surface area contributed by atoms with Crippen LogP contribution in [0.25, 0.3) is 0 Å². The predicted octanol–water partition coefficient (Wildman–Crippen LogP) is 2.25. The SMILES string of the molecule is CN=C(NCC(c1ccc(OC)cc1)N(C)C)NC1CCN(C(=O)C2CCCC2)C1. The van der Waals surface area contributed by atoms with Gasteiger partial charge >= 0.3 is 0 Å². The van der Waals surface area contributed by atoms with Gasteiger partial charge in [0.1, 0.15) is 5.75 Å². The third kappa shape index (κ3) is 5.65. The Morgan fingerprint density at radius 1 is 1.23 bits per heavy atom. The Morgan fingerprint density at radius 2 is 1.93 bits per heavy atom. The third-order valence-corrected chi connectivity index (χ3v) is 6.36. The number of amides is 1. The molecule has 7 heteroatoms. The molecule has 166 valence electrons. The van der Waals surface area contributed by atoms with Crippen LogP contribution in [0.2, 0.25) is 0 Å². The van der Waals surface area contributed by atoms with Gasteiger partial charge in [-0.05, 0) is 51.1 Å². The van der Waals surface area contributed by atoms with Crippen LogP contribution in [0, 0.1) is 5.92 Å². The normalized spacial score (nSPS) is 21.2. The Bertz CT molecular complexity index is 713. The van der Waals surface area contributed by atoms with Crippen LogP contribution < -0.4 is 15.4 Å². The second kappa shape index (κ2) is 10.7. The fraction of sp³-hybridized carbons (Fsp3) is 0.652. The van der Waals surface area contributed by atoms with Gasteiger partial charge < -0.3 is 25.2 Å². The number of likely N-dealkylation sites (tertiary alicyclic amines) is 1. The van der Waals surface area contributed by atoms with Gasteiger partial charge in [-0.2, -0.15) is 0 Å². The zero-order valence-corrected chi connectivity index (χ0v) is 18.9. The van der Waals surface area contributed by atoms with Crippen molar-refractivity contribution >= 4 is 11.9 Å². The average Bonchev–Trinajstić information content (AvgIpc) is 3.45. The Morgan fingerprint density at radius 3 is 2.53 bits per heavy atom. The van der Waals surface area contributed by atoms with Crippen molar-refractivity contribution in [2.24, 2.45) is 10.9 Å². The molecule has 2 aliphatic rings. The van der Waals surface area contributed by atoms with Gasteiger partial charge in [0.05, 0.1) is 13.2 Å². The van der Waals surface area contributed by atoms with Crippen LogP contribution in [-0.4, -0.2) is 75.6 Å². The number of methoxy groups -OCH3 is 1. The Kier molecular flexibility index (Phi) is 7.96. The Labute approximate surface area is 180 Å². The number of carbonyl (C=O) groups is 1. The summed E-state index contributed by atoms with van der Waals surface area (Å²) in [6, 6.07) is 8.65. The summed E-state index contributed by atoms with van der Waals surface area (Å²) >= 11 is 0. The first kappa shape index (κ1) is 22.4. The molecule has 1 saturated heterocycles. The first-order chi connectivity index (χ1) is 14.5. The number of hydrogen-bond donors (Lipinski definition) is 2. The lowest BCUT2D eigenvalue weighted by molar-refractivity contribution is -0.134. The van der Waals surface area contributed by atoms with Gasteiger partial charge in [0, 0.05) is 38.6 Å². The maximum absolute atomic E-state index is 12.7. The van der Waals surface area contributed by atoms with Crippen molar-refractivity contribution in [1.82, 2.24) is 20.4 Å². The number of benzene rings is 1. The van der Waals surface area contributed by atoms with E-state index in [0.29, 0.717) is 5.91 Å². The van der Waals surface area contributed by atoms with E-state index in [4.69, 9.17) is 4.74 Å². The summed E-state index contributed by atoms with van der Waals surface area (Å²) in [5.74, 6) is 2.26. The second-order valence-electron chi connectivity index (χ2n) is 8.60. The molecule has 1 aliphatic heterocycles. The van der Waals surface area contributed by atoms with Crippen molar-refractivity contribution in [2.45, 2.75) is 44.2 Å². The van der Waals surface area contributed by atoms with Crippen LogP contribution in [0.5, 0.6) is 5.75 Å².